The summed E-state index contributed by atoms with van der Waals surface area (Å²) in [5.41, 5.74) is 4.69. The number of hydrogen-bond acceptors (Lipinski definition) is 4. The minimum Gasteiger partial charge on any atom is -0.386 e. The van der Waals surface area contributed by atoms with E-state index < -0.39 is 7.82 Å². The second kappa shape index (κ2) is 22.0. The summed E-state index contributed by atoms with van der Waals surface area (Å²) < 4.78 is 33.2. The van der Waals surface area contributed by atoms with Crippen molar-refractivity contribution in [3.8, 4) is 17.2 Å². The van der Waals surface area contributed by atoms with Crippen LogP contribution in [0.1, 0.15) is 175 Å². The van der Waals surface area contributed by atoms with E-state index in [1.807, 2.05) is 36.4 Å². The minimum atomic E-state index is -4.13. The zero-order valence-electron chi connectivity index (χ0n) is 35.2. The molecule has 0 radical (unpaired) electrons. The van der Waals surface area contributed by atoms with Crippen LogP contribution in [0.25, 0.3) is 0 Å². The van der Waals surface area contributed by atoms with Crippen molar-refractivity contribution >= 4 is 7.82 Å². The lowest BCUT2D eigenvalue weighted by molar-refractivity contribution is 0.230. The Hall–Kier alpha value is -2.71. The molecule has 0 saturated heterocycles. The van der Waals surface area contributed by atoms with Crippen LogP contribution in [0, 0.1) is 16.2 Å². The summed E-state index contributed by atoms with van der Waals surface area (Å²) in [6.45, 7) is 20.7. The van der Waals surface area contributed by atoms with Crippen molar-refractivity contribution in [1.29, 1.82) is 0 Å². The summed E-state index contributed by atoms with van der Waals surface area (Å²) in [6, 6.07) is 24.1. The summed E-state index contributed by atoms with van der Waals surface area (Å²) in [7, 11) is -4.13. The molecule has 0 aliphatic carbocycles. The molecule has 0 aliphatic rings. The van der Waals surface area contributed by atoms with Gasteiger partial charge >= 0.3 is 7.82 Å². The molecule has 3 aromatic carbocycles. The van der Waals surface area contributed by atoms with Crippen molar-refractivity contribution in [3.63, 3.8) is 0 Å². The fraction of sp³-hybridized carbons (Fsp3) is 0.625. The Morgan fingerprint density at radius 1 is 0.396 bits per heavy atom. The molecule has 53 heavy (non-hydrogen) atoms. The lowest BCUT2D eigenvalue weighted by Crippen LogP contribution is -2.22. The maximum Gasteiger partial charge on any atom is 0.647 e. The number of benzene rings is 3. The molecule has 0 bridgehead atoms. The van der Waals surface area contributed by atoms with Crippen molar-refractivity contribution in [2.75, 3.05) is 0 Å². The minimum absolute atomic E-state index is 0.298. The standard InChI is InChI=1S/C48H75O4P/c1-10-19-34-46(13-4,14-5)37-40-22-28-43(29-23-40)50-53(49,51-44-30-24-41(25-31-44)38-47(15-6,16-7)35-20-11-2)52-45-32-26-42(27-33-45)39-48(17-8,18-9)36-21-12-3/h22-33H,10-21,34-39H2,1-9H3. The number of hydrogen-bond donors (Lipinski definition) is 0. The summed E-state index contributed by atoms with van der Waals surface area (Å²) in [5.74, 6) is 1.40. The maximum atomic E-state index is 14.6. The van der Waals surface area contributed by atoms with Gasteiger partial charge in [-0.15, -0.1) is 0 Å². The van der Waals surface area contributed by atoms with E-state index in [1.165, 1.54) is 74.5 Å². The highest BCUT2D eigenvalue weighted by Gasteiger charge is 2.34. The third kappa shape index (κ3) is 13.5. The van der Waals surface area contributed by atoms with Crippen molar-refractivity contribution < 1.29 is 18.1 Å². The van der Waals surface area contributed by atoms with Crippen LogP contribution in [-0.4, -0.2) is 0 Å². The third-order valence-electron chi connectivity index (χ3n) is 12.8. The maximum absolute atomic E-state index is 14.6. The van der Waals surface area contributed by atoms with Gasteiger partial charge in [-0.05, 0) is 108 Å². The first kappa shape index (κ1) is 44.7. The zero-order chi connectivity index (χ0) is 38.8. The fourth-order valence-electron chi connectivity index (χ4n) is 8.23. The molecule has 0 aromatic heterocycles. The average molecular weight is 747 g/mol. The monoisotopic (exact) mass is 747 g/mol. The van der Waals surface area contributed by atoms with E-state index >= 15 is 0 Å². The van der Waals surface area contributed by atoms with Gasteiger partial charge in [0.2, 0.25) is 0 Å². The Balaban J connectivity index is 1.88. The van der Waals surface area contributed by atoms with Crippen LogP contribution in [0.3, 0.4) is 0 Å². The van der Waals surface area contributed by atoms with Gasteiger partial charge in [0.05, 0.1) is 0 Å². The highest BCUT2D eigenvalue weighted by atomic mass is 31.2. The van der Waals surface area contributed by atoms with Gasteiger partial charge in [0.15, 0.2) is 0 Å². The number of rotatable bonds is 27. The van der Waals surface area contributed by atoms with Crippen LogP contribution in [0.4, 0.5) is 0 Å². The molecule has 0 heterocycles. The van der Waals surface area contributed by atoms with E-state index in [2.05, 4.69) is 98.7 Å². The summed E-state index contributed by atoms with van der Waals surface area (Å²) in [4.78, 5) is 0. The summed E-state index contributed by atoms with van der Waals surface area (Å²) in [5, 5.41) is 0. The molecule has 0 saturated carbocycles. The fourth-order valence-corrected chi connectivity index (χ4v) is 9.48. The molecule has 0 aliphatic heterocycles. The lowest BCUT2D eigenvalue weighted by Gasteiger charge is -2.32. The zero-order valence-corrected chi connectivity index (χ0v) is 36.1. The number of phosphoric ester groups is 1. The largest absolute Gasteiger partial charge is 0.647 e. The van der Waals surface area contributed by atoms with E-state index in [0.29, 0.717) is 33.5 Å². The van der Waals surface area contributed by atoms with Crippen LogP contribution in [0.2, 0.25) is 0 Å². The second-order valence-corrected chi connectivity index (χ2v) is 17.6. The molecule has 3 rings (SSSR count). The molecule has 0 N–H and O–H groups in total. The molecular weight excluding hydrogens is 671 g/mol. The van der Waals surface area contributed by atoms with Crippen molar-refractivity contribution in [2.45, 2.75) is 178 Å². The molecule has 0 amide bonds. The lowest BCUT2D eigenvalue weighted by atomic mass is 9.73. The molecule has 0 unspecified atom stereocenters. The molecule has 0 atom stereocenters. The Morgan fingerprint density at radius 3 is 0.811 bits per heavy atom. The molecular formula is C48H75O4P. The van der Waals surface area contributed by atoms with Crippen LogP contribution in [-0.2, 0) is 23.8 Å². The predicted octanol–water partition coefficient (Wildman–Crippen LogP) is 15.9. The van der Waals surface area contributed by atoms with E-state index in [4.69, 9.17) is 13.6 Å². The van der Waals surface area contributed by atoms with Gasteiger partial charge in [0.1, 0.15) is 17.2 Å². The Bertz CT molecular complexity index is 1290. The van der Waals surface area contributed by atoms with Crippen LogP contribution in [0.15, 0.2) is 72.8 Å². The van der Waals surface area contributed by atoms with E-state index in [0.717, 1.165) is 57.8 Å². The van der Waals surface area contributed by atoms with Gasteiger partial charge in [-0.2, -0.15) is 4.57 Å². The van der Waals surface area contributed by atoms with Gasteiger partial charge in [-0.25, -0.2) is 0 Å². The molecule has 4 nitrogen and oxygen atoms in total. The van der Waals surface area contributed by atoms with Crippen molar-refractivity contribution in [3.05, 3.63) is 89.5 Å². The summed E-state index contributed by atoms with van der Waals surface area (Å²) in [6.07, 6.45) is 21.1. The first-order valence-electron chi connectivity index (χ1n) is 21.5. The van der Waals surface area contributed by atoms with Crippen LogP contribution in [0.5, 0.6) is 17.2 Å². The SMILES string of the molecule is CCCCC(CC)(CC)Cc1ccc(OP(=O)(Oc2ccc(CC(CC)(CC)CCCC)cc2)Oc2ccc(CC(CC)(CC)CCCC)cc2)cc1. The predicted molar refractivity (Wildman–Crippen MR) is 228 cm³/mol. The normalized spacial score (nSPS) is 12.5. The Labute approximate surface area is 325 Å². The summed E-state index contributed by atoms with van der Waals surface area (Å²) >= 11 is 0. The number of unbranched alkanes of at least 4 members (excludes halogenated alkanes) is 3. The second-order valence-electron chi connectivity index (χ2n) is 16.1. The molecule has 0 fully saturated rings. The van der Waals surface area contributed by atoms with E-state index in [-0.39, 0.29) is 0 Å². The third-order valence-corrected chi connectivity index (χ3v) is 14.1. The van der Waals surface area contributed by atoms with Crippen molar-refractivity contribution in [2.24, 2.45) is 16.2 Å². The quantitative estimate of drug-likeness (QED) is 0.0729. The van der Waals surface area contributed by atoms with Gasteiger partial charge in [-0.3, -0.25) is 0 Å². The van der Waals surface area contributed by atoms with Gasteiger partial charge in [0.25, 0.3) is 0 Å². The topological polar surface area (TPSA) is 44.8 Å². The highest BCUT2D eigenvalue weighted by molar-refractivity contribution is 7.49. The highest BCUT2D eigenvalue weighted by Crippen LogP contribution is 2.50. The Kier molecular flexibility index (Phi) is 18.5. The first-order valence-corrected chi connectivity index (χ1v) is 22.9. The van der Waals surface area contributed by atoms with Crippen molar-refractivity contribution in [1.82, 2.24) is 0 Å². The van der Waals surface area contributed by atoms with Crippen LogP contribution >= 0.6 is 7.82 Å². The van der Waals surface area contributed by atoms with E-state index in [1.54, 1.807) is 0 Å². The smallest absolute Gasteiger partial charge is 0.386 e. The Morgan fingerprint density at radius 2 is 0.623 bits per heavy atom. The number of phosphoric acid groups is 1. The first-order chi connectivity index (χ1) is 25.5. The van der Waals surface area contributed by atoms with Gasteiger partial charge in [-0.1, -0.05) is 176 Å². The molecule has 0 spiro atoms. The average Bonchev–Trinajstić information content (AvgIpc) is 3.19. The van der Waals surface area contributed by atoms with Gasteiger partial charge < -0.3 is 13.6 Å². The van der Waals surface area contributed by atoms with E-state index in [9.17, 15) is 4.57 Å². The molecule has 5 heteroatoms. The molecule has 3 aromatic rings. The van der Waals surface area contributed by atoms with Crippen LogP contribution < -0.4 is 13.6 Å². The molecule has 296 valence electrons. The van der Waals surface area contributed by atoms with Gasteiger partial charge in [0, 0.05) is 0 Å².